The molecule has 2 aromatic rings. The van der Waals surface area contributed by atoms with Gasteiger partial charge in [-0.1, -0.05) is 17.7 Å². The van der Waals surface area contributed by atoms with Crippen molar-refractivity contribution in [3.05, 3.63) is 35.5 Å². The van der Waals surface area contributed by atoms with Crippen LogP contribution in [0.5, 0.6) is 0 Å². The Morgan fingerprint density at radius 2 is 2.33 bits per heavy atom. The summed E-state index contributed by atoms with van der Waals surface area (Å²) < 4.78 is 6.27. The first-order valence-corrected chi connectivity index (χ1v) is 5.76. The van der Waals surface area contributed by atoms with Crippen LogP contribution < -0.4 is 0 Å². The second kappa shape index (κ2) is 5.59. The van der Waals surface area contributed by atoms with Crippen molar-refractivity contribution in [2.24, 2.45) is 0 Å². The van der Waals surface area contributed by atoms with Gasteiger partial charge in [-0.15, -0.1) is 5.10 Å². The lowest BCUT2D eigenvalue weighted by atomic mass is 10.4. The van der Waals surface area contributed by atoms with Crippen LogP contribution in [0, 0.1) is 0 Å². The third-order valence-electron chi connectivity index (χ3n) is 2.08. The fourth-order valence-electron chi connectivity index (χ4n) is 1.35. The third kappa shape index (κ3) is 3.04. The first kappa shape index (κ1) is 12.5. The summed E-state index contributed by atoms with van der Waals surface area (Å²) in [6.45, 7) is 2.09. The summed E-state index contributed by atoms with van der Waals surface area (Å²) in [5.41, 5.74) is 0. The fourth-order valence-corrected chi connectivity index (χ4v) is 1.51. The van der Waals surface area contributed by atoms with Crippen molar-refractivity contribution in [2.75, 3.05) is 6.61 Å². The van der Waals surface area contributed by atoms with E-state index in [4.69, 9.17) is 16.3 Å². The number of hydrogen-bond acceptors (Lipinski definition) is 5. The lowest BCUT2D eigenvalue weighted by Crippen LogP contribution is -2.09. The molecule has 7 heteroatoms. The highest BCUT2D eigenvalue weighted by molar-refractivity contribution is 6.29. The molecule has 0 saturated heterocycles. The predicted molar refractivity (Wildman–Crippen MR) is 64.5 cm³/mol. The van der Waals surface area contributed by atoms with E-state index in [0.717, 1.165) is 0 Å². The molecule has 0 aromatic carbocycles. The van der Waals surface area contributed by atoms with E-state index in [1.807, 2.05) is 0 Å². The number of halogens is 1. The maximum atomic E-state index is 11.3. The third-order valence-corrected chi connectivity index (χ3v) is 2.29. The molecule has 94 valence electrons. The highest BCUT2D eigenvalue weighted by Crippen LogP contribution is 2.08. The van der Waals surface area contributed by atoms with E-state index in [9.17, 15) is 4.79 Å². The zero-order valence-electron chi connectivity index (χ0n) is 9.71. The number of rotatable bonds is 4. The van der Waals surface area contributed by atoms with E-state index >= 15 is 0 Å². The smallest absolute Gasteiger partial charge is 0.313 e. The van der Waals surface area contributed by atoms with Crippen LogP contribution in [-0.4, -0.2) is 32.3 Å². The Morgan fingerprint density at radius 3 is 3.06 bits per heavy atom. The summed E-state index contributed by atoms with van der Waals surface area (Å²) in [5, 5.41) is 4.50. The number of hydrogen-bond donors (Lipinski definition) is 0. The van der Waals surface area contributed by atoms with Crippen molar-refractivity contribution in [3.8, 4) is 5.82 Å². The normalized spacial score (nSPS) is 10.3. The van der Waals surface area contributed by atoms with Crippen LogP contribution in [0.15, 0.2) is 24.5 Å². The van der Waals surface area contributed by atoms with E-state index in [2.05, 4.69) is 15.1 Å². The molecule has 0 N–H and O–H groups in total. The minimum absolute atomic E-state index is 0.0431. The van der Waals surface area contributed by atoms with Crippen molar-refractivity contribution in [1.29, 1.82) is 0 Å². The van der Waals surface area contributed by atoms with Gasteiger partial charge in [0.2, 0.25) is 0 Å². The van der Waals surface area contributed by atoms with Gasteiger partial charge in [0.1, 0.15) is 17.9 Å². The second-order valence-corrected chi connectivity index (χ2v) is 3.79. The van der Waals surface area contributed by atoms with Gasteiger partial charge in [0.05, 0.1) is 6.61 Å². The summed E-state index contributed by atoms with van der Waals surface area (Å²) >= 11 is 5.78. The van der Waals surface area contributed by atoms with Crippen molar-refractivity contribution in [3.63, 3.8) is 0 Å². The Labute approximate surface area is 109 Å². The number of esters is 1. The number of aromatic nitrogens is 4. The summed E-state index contributed by atoms with van der Waals surface area (Å²) in [6, 6.07) is 5.17. The van der Waals surface area contributed by atoms with E-state index in [1.165, 1.54) is 11.0 Å². The molecule has 0 fully saturated rings. The first-order valence-electron chi connectivity index (χ1n) is 5.38. The molecule has 6 nitrogen and oxygen atoms in total. The molecule has 0 amide bonds. The van der Waals surface area contributed by atoms with Gasteiger partial charge in [-0.2, -0.15) is 0 Å². The van der Waals surface area contributed by atoms with E-state index < -0.39 is 0 Å². The molecular formula is C11H11ClN4O2. The Kier molecular flexibility index (Phi) is 3.88. The molecule has 18 heavy (non-hydrogen) atoms. The van der Waals surface area contributed by atoms with Crippen molar-refractivity contribution in [2.45, 2.75) is 13.3 Å². The molecule has 0 bridgehead atoms. The van der Waals surface area contributed by atoms with Crippen LogP contribution >= 0.6 is 11.6 Å². The lowest BCUT2D eigenvalue weighted by Gasteiger charge is -1.99. The molecular weight excluding hydrogens is 256 g/mol. The molecule has 0 aliphatic carbocycles. The molecule has 0 radical (unpaired) electrons. The van der Waals surface area contributed by atoms with Crippen molar-refractivity contribution < 1.29 is 9.53 Å². The van der Waals surface area contributed by atoms with Crippen LogP contribution in [-0.2, 0) is 16.0 Å². The Bertz CT molecular complexity index is 555. The topological polar surface area (TPSA) is 69.9 Å². The number of ether oxygens (including phenoxy) is 1. The quantitative estimate of drug-likeness (QED) is 0.618. The van der Waals surface area contributed by atoms with Gasteiger partial charge < -0.3 is 4.74 Å². The van der Waals surface area contributed by atoms with Gasteiger partial charge in [0.15, 0.2) is 11.6 Å². The number of nitrogens with zero attached hydrogens (tertiary/aromatic N) is 4. The van der Waals surface area contributed by atoms with Crippen LogP contribution in [0.2, 0.25) is 5.15 Å². The Hall–Kier alpha value is -1.95. The highest BCUT2D eigenvalue weighted by Gasteiger charge is 2.09. The molecule has 0 aliphatic heterocycles. The maximum absolute atomic E-state index is 11.3. The highest BCUT2D eigenvalue weighted by atomic mass is 35.5. The number of carbonyl (C=O) groups excluding carboxylic acids is 1. The number of carbonyl (C=O) groups is 1. The van der Waals surface area contributed by atoms with Gasteiger partial charge >= 0.3 is 5.97 Å². The van der Waals surface area contributed by atoms with Crippen LogP contribution in [0.25, 0.3) is 5.82 Å². The average molecular weight is 267 g/mol. The predicted octanol–water partition coefficient (Wildman–Crippen LogP) is 1.42. The second-order valence-electron chi connectivity index (χ2n) is 3.41. The van der Waals surface area contributed by atoms with E-state index in [-0.39, 0.29) is 12.4 Å². The van der Waals surface area contributed by atoms with Gasteiger partial charge in [-0.25, -0.2) is 14.6 Å². The largest absolute Gasteiger partial charge is 0.466 e. The molecule has 0 spiro atoms. The summed E-state index contributed by atoms with van der Waals surface area (Å²) in [6.07, 6.45) is 1.52. The first-order chi connectivity index (χ1) is 8.69. The maximum Gasteiger partial charge on any atom is 0.313 e. The summed E-state index contributed by atoms with van der Waals surface area (Å²) in [5.74, 6) is 0.578. The Balaban J connectivity index is 2.13. The zero-order valence-corrected chi connectivity index (χ0v) is 10.5. The molecule has 2 heterocycles. The van der Waals surface area contributed by atoms with Gasteiger partial charge in [-0.05, 0) is 19.1 Å². The van der Waals surface area contributed by atoms with Crippen molar-refractivity contribution >= 4 is 17.6 Å². The van der Waals surface area contributed by atoms with Crippen LogP contribution in [0.4, 0.5) is 0 Å². The van der Waals surface area contributed by atoms with Gasteiger partial charge in [0, 0.05) is 0 Å². The average Bonchev–Trinajstić information content (AvgIpc) is 2.78. The van der Waals surface area contributed by atoms with Gasteiger partial charge in [-0.3, -0.25) is 4.79 Å². The standard InChI is InChI=1S/C11H11ClN4O2/c1-2-18-11(17)6-9-13-7-16(15-9)10-5-3-4-8(12)14-10/h3-5,7H,2,6H2,1H3. The fraction of sp³-hybridized carbons (Fsp3) is 0.273. The SMILES string of the molecule is CCOC(=O)Cc1ncn(-c2cccc(Cl)n2)n1. The van der Waals surface area contributed by atoms with Crippen molar-refractivity contribution in [1.82, 2.24) is 19.7 Å². The summed E-state index contributed by atoms with van der Waals surface area (Å²) in [4.78, 5) is 19.4. The minimum atomic E-state index is -0.352. The molecule has 0 atom stereocenters. The van der Waals surface area contributed by atoms with E-state index in [0.29, 0.717) is 23.4 Å². The van der Waals surface area contributed by atoms with Crippen LogP contribution in [0.1, 0.15) is 12.7 Å². The monoisotopic (exact) mass is 266 g/mol. The molecule has 2 rings (SSSR count). The minimum Gasteiger partial charge on any atom is -0.466 e. The molecule has 0 aliphatic rings. The lowest BCUT2D eigenvalue weighted by molar-refractivity contribution is -0.142. The zero-order chi connectivity index (χ0) is 13.0. The molecule has 0 unspecified atom stereocenters. The van der Waals surface area contributed by atoms with Gasteiger partial charge in [0.25, 0.3) is 0 Å². The summed E-state index contributed by atoms with van der Waals surface area (Å²) in [7, 11) is 0. The molecule has 0 saturated carbocycles. The van der Waals surface area contributed by atoms with E-state index in [1.54, 1.807) is 25.1 Å². The number of pyridine rings is 1. The molecule has 2 aromatic heterocycles. The van der Waals surface area contributed by atoms with Crippen LogP contribution in [0.3, 0.4) is 0 Å². The Morgan fingerprint density at radius 1 is 1.50 bits per heavy atom.